The van der Waals surface area contributed by atoms with E-state index in [-0.39, 0.29) is 18.2 Å². The molecule has 0 radical (unpaired) electrons. The van der Waals surface area contributed by atoms with Crippen LogP contribution in [0.5, 0.6) is 0 Å². The van der Waals surface area contributed by atoms with Gasteiger partial charge in [-0.2, -0.15) is 0 Å². The lowest BCUT2D eigenvalue weighted by atomic mass is 10.0. The van der Waals surface area contributed by atoms with Gasteiger partial charge in [-0.15, -0.1) is 0 Å². The van der Waals surface area contributed by atoms with Gasteiger partial charge in [0.1, 0.15) is 5.78 Å². The van der Waals surface area contributed by atoms with Crippen LogP contribution in [0, 0.1) is 5.92 Å². The Hall–Kier alpha value is -0.370. The van der Waals surface area contributed by atoms with Crippen molar-refractivity contribution in [1.29, 1.82) is 0 Å². The van der Waals surface area contributed by atoms with Crippen LogP contribution in [0.2, 0.25) is 0 Å². The Morgan fingerprint density at radius 2 is 2.25 bits per heavy atom. The minimum Gasteiger partial charge on any atom is -0.324 e. The van der Waals surface area contributed by atoms with Gasteiger partial charge < -0.3 is 5.73 Å². The molecule has 2 nitrogen and oxygen atoms in total. The van der Waals surface area contributed by atoms with Gasteiger partial charge in [-0.3, -0.25) is 4.79 Å². The summed E-state index contributed by atoms with van der Waals surface area (Å²) < 4.78 is 0. The molecule has 0 aromatic heterocycles. The maximum Gasteiger partial charge on any atom is 0.149 e. The molecule has 0 spiro atoms. The van der Waals surface area contributed by atoms with Crippen LogP contribution in [-0.2, 0) is 4.79 Å². The zero-order valence-electron chi connectivity index (χ0n) is 5.48. The molecule has 0 rings (SSSR count). The van der Waals surface area contributed by atoms with E-state index in [2.05, 4.69) is 0 Å². The molecule has 1 unspecified atom stereocenters. The maximum atomic E-state index is 10.6. The summed E-state index contributed by atoms with van der Waals surface area (Å²) >= 11 is 0. The second-order valence-corrected chi connectivity index (χ2v) is 1.98. The van der Waals surface area contributed by atoms with Gasteiger partial charge >= 0.3 is 0 Å². The second-order valence-electron chi connectivity index (χ2n) is 1.98. The predicted octanol–water partition coefficient (Wildman–Crippen LogP) is 0.560. The summed E-state index contributed by atoms with van der Waals surface area (Å²) in [6.45, 7) is 4.07. The number of Topliss-reactive ketones (excluding diaryl/α,β-unsaturated/α-hetero) is 1. The van der Waals surface area contributed by atoms with E-state index in [1.807, 2.05) is 13.8 Å². The first-order valence-electron chi connectivity index (χ1n) is 2.95. The highest BCUT2D eigenvalue weighted by atomic mass is 16.1. The van der Waals surface area contributed by atoms with Crippen molar-refractivity contribution in [3.63, 3.8) is 0 Å². The van der Waals surface area contributed by atoms with E-state index in [1.54, 1.807) is 0 Å². The van der Waals surface area contributed by atoms with Crippen LogP contribution in [0.25, 0.3) is 0 Å². The summed E-state index contributed by atoms with van der Waals surface area (Å²) in [4.78, 5) is 10.6. The summed E-state index contributed by atoms with van der Waals surface area (Å²) in [5, 5.41) is 0. The van der Waals surface area contributed by atoms with E-state index in [4.69, 9.17) is 5.73 Å². The number of ketones is 1. The Bertz CT molecular complexity index is 80.6. The second kappa shape index (κ2) is 3.61. The number of hydrogen-bond acceptors (Lipinski definition) is 2. The first kappa shape index (κ1) is 7.63. The molecule has 0 amide bonds. The number of rotatable bonds is 3. The molecule has 0 aromatic carbocycles. The molecule has 48 valence electrons. The summed E-state index contributed by atoms with van der Waals surface area (Å²) in [5.41, 5.74) is 5.10. The van der Waals surface area contributed by atoms with Crippen LogP contribution in [0.15, 0.2) is 0 Å². The lowest BCUT2D eigenvalue weighted by Crippen LogP contribution is -2.20. The van der Waals surface area contributed by atoms with E-state index in [0.29, 0.717) is 0 Å². The fourth-order valence-electron chi connectivity index (χ4n) is 0.429. The zero-order chi connectivity index (χ0) is 6.57. The summed E-state index contributed by atoms with van der Waals surface area (Å²) in [6.07, 6.45) is 0.899. The summed E-state index contributed by atoms with van der Waals surface area (Å²) in [6, 6.07) is 0. The topological polar surface area (TPSA) is 43.1 Å². The molecule has 0 bridgehead atoms. The molecule has 0 heterocycles. The molecule has 0 saturated heterocycles. The lowest BCUT2D eigenvalue weighted by molar-refractivity contribution is -0.121. The highest BCUT2D eigenvalue weighted by molar-refractivity contribution is 5.82. The van der Waals surface area contributed by atoms with Gasteiger partial charge in [0.15, 0.2) is 0 Å². The maximum absolute atomic E-state index is 10.6. The largest absolute Gasteiger partial charge is 0.324 e. The normalized spacial score (nSPS) is 13.4. The van der Waals surface area contributed by atoms with Crippen molar-refractivity contribution in [3.05, 3.63) is 0 Å². The van der Waals surface area contributed by atoms with E-state index < -0.39 is 0 Å². The fourth-order valence-corrected chi connectivity index (χ4v) is 0.429. The van der Waals surface area contributed by atoms with Gasteiger partial charge in [0.25, 0.3) is 0 Å². The Morgan fingerprint density at radius 3 is 2.38 bits per heavy atom. The Kier molecular flexibility index (Phi) is 3.44. The molecule has 2 heteroatoms. The third-order valence-corrected chi connectivity index (χ3v) is 1.36. The molecular formula is C6H13NO. The van der Waals surface area contributed by atoms with Gasteiger partial charge in [-0.05, 0) is 6.42 Å². The molecular weight excluding hydrogens is 102 g/mol. The average Bonchev–Trinajstić information content (AvgIpc) is 1.84. The number of carbonyl (C=O) groups is 1. The van der Waals surface area contributed by atoms with Crippen molar-refractivity contribution < 1.29 is 4.79 Å². The molecule has 0 saturated carbocycles. The van der Waals surface area contributed by atoms with Gasteiger partial charge in [-0.1, -0.05) is 13.8 Å². The Morgan fingerprint density at radius 1 is 1.75 bits per heavy atom. The van der Waals surface area contributed by atoms with Crippen LogP contribution in [0.3, 0.4) is 0 Å². The van der Waals surface area contributed by atoms with Crippen LogP contribution < -0.4 is 5.73 Å². The molecule has 0 aliphatic heterocycles. The minimum atomic E-state index is 0.153. The van der Waals surface area contributed by atoms with E-state index in [1.165, 1.54) is 0 Å². The van der Waals surface area contributed by atoms with Crippen molar-refractivity contribution >= 4 is 5.78 Å². The van der Waals surface area contributed by atoms with Crippen molar-refractivity contribution in [3.8, 4) is 0 Å². The molecule has 1 atom stereocenters. The lowest BCUT2D eigenvalue weighted by Gasteiger charge is -2.01. The molecule has 0 fully saturated rings. The van der Waals surface area contributed by atoms with Gasteiger partial charge in [0, 0.05) is 5.92 Å². The monoisotopic (exact) mass is 115 g/mol. The highest BCUT2D eigenvalue weighted by Gasteiger charge is 2.06. The van der Waals surface area contributed by atoms with Gasteiger partial charge in [0.05, 0.1) is 6.54 Å². The minimum absolute atomic E-state index is 0.153. The molecule has 2 N–H and O–H groups in total. The highest BCUT2D eigenvalue weighted by Crippen LogP contribution is 1.99. The quantitative estimate of drug-likeness (QED) is 0.584. The Labute approximate surface area is 50.1 Å². The number of carbonyl (C=O) groups excluding carboxylic acids is 1. The van der Waals surface area contributed by atoms with Crippen molar-refractivity contribution in [2.45, 2.75) is 20.3 Å². The Balaban J connectivity index is 3.46. The van der Waals surface area contributed by atoms with Crippen LogP contribution in [0.1, 0.15) is 20.3 Å². The molecule has 0 aliphatic rings. The first-order valence-corrected chi connectivity index (χ1v) is 2.95. The third-order valence-electron chi connectivity index (χ3n) is 1.36. The zero-order valence-corrected chi connectivity index (χ0v) is 5.48. The molecule has 0 aliphatic carbocycles. The van der Waals surface area contributed by atoms with E-state index in [9.17, 15) is 4.79 Å². The average molecular weight is 115 g/mol. The summed E-state index contributed by atoms with van der Waals surface area (Å²) in [7, 11) is 0. The SMILES string of the molecule is CCC(C)C(=O)CN. The van der Waals surface area contributed by atoms with Crippen molar-refractivity contribution in [2.24, 2.45) is 11.7 Å². The number of nitrogens with two attached hydrogens (primary N) is 1. The standard InChI is InChI=1S/C6H13NO/c1-3-5(2)6(8)4-7/h5H,3-4,7H2,1-2H3. The molecule has 0 aromatic rings. The van der Waals surface area contributed by atoms with Crippen LogP contribution in [-0.4, -0.2) is 12.3 Å². The van der Waals surface area contributed by atoms with Crippen LogP contribution >= 0.6 is 0 Å². The van der Waals surface area contributed by atoms with Gasteiger partial charge in [0.2, 0.25) is 0 Å². The fraction of sp³-hybridized carbons (Fsp3) is 0.833. The molecule has 8 heavy (non-hydrogen) atoms. The smallest absolute Gasteiger partial charge is 0.149 e. The number of hydrogen-bond donors (Lipinski definition) is 1. The predicted molar refractivity (Wildman–Crippen MR) is 33.5 cm³/mol. The summed E-state index contributed by atoms with van der Waals surface area (Å²) in [5.74, 6) is 0.312. The van der Waals surface area contributed by atoms with E-state index >= 15 is 0 Å². The van der Waals surface area contributed by atoms with E-state index in [0.717, 1.165) is 6.42 Å². The first-order chi connectivity index (χ1) is 3.72. The van der Waals surface area contributed by atoms with Gasteiger partial charge in [-0.25, -0.2) is 0 Å². The van der Waals surface area contributed by atoms with Crippen molar-refractivity contribution in [1.82, 2.24) is 0 Å². The third kappa shape index (κ3) is 2.07. The van der Waals surface area contributed by atoms with Crippen LogP contribution in [0.4, 0.5) is 0 Å². The van der Waals surface area contributed by atoms with Crippen molar-refractivity contribution in [2.75, 3.05) is 6.54 Å².